The summed E-state index contributed by atoms with van der Waals surface area (Å²) in [7, 11) is 2.03. The Hall–Kier alpha value is -1.78. The van der Waals surface area contributed by atoms with Crippen molar-refractivity contribution in [3.63, 3.8) is 0 Å². The molecule has 153 valence electrons. The molecule has 0 atom stereocenters. The van der Waals surface area contributed by atoms with Gasteiger partial charge < -0.3 is 4.57 Å². The minimum Gasteiger partial charge on any atom is -0.337 e. The molecule has 0 saturated carbocycles. The number of aromatic nitrogens is 2. The van der Waals surface area contributed by atoms with Crippen LogP contribution in [0, 0.1) is 6.92 Å². The summed E-state index contributed by atoms with van der Waals surface area (Å²) in [6.45, 7) is 5.51. The number of nitrogens with zero attached hydrogens (tertiary/aromatic N) is 2. The molecule has 3 rings (SSSR count). The first-order valence-electron chi connectivity index (χ1n) is 10.5. The maximum Gasteiger partial charge on any atom is 0.183 e. The molecule has 0 bridgehead atoms. The molecule has 3 aromatic rings. The van der Waals surface area contributed by atoms with Crippen LogP contribution in [0.4, 0.5) is 0 Å². The highest BCUT2D eigenvalue weighted by molar-refractivity contribution is 7.10. The van der Waals surface area contributed by atoms with Crippen molar-refractivity contribution < 1.29 is 0 Å². The van der Waals surface area contributed by atoms with E-state index in [1.807, 2.05) is 56.2 Å². The number of unbranched alkanes of at least 4 members (excludes halogenated alkanes) is 5. The van der Waals surface area contributed by atoms with Crippen molar-refractivity contribution in [2.45, 2.75) is 58.9 Å². The molecule has 0 N–H and O–H groups in total. The fraction of sp³-hybridized carbons (Fsp3) is 0.375. The summed E-state index contributed by atoms with van der Waals surface area (Å²) in [6.07, 6.45) is 16.1. The van der Waals surface area contributed by atoms with Gasteiger partial charge in [-0.3, -0.25) is 0 Å². The monoisotopic (exact) mass is 425 g/mol. The molecule has 0 saturated heterocycles. The molecule has 5 heteroatoms. The molecule has 0 aliphatic heterocycles. The predicted molar refractivity (Wildman–Crippen MR) is 131 cm³/mol. The lowest BCUT2D eigenvalue weighted by Crippen LogP contribution is -2.12. The zero-order valence-corrected chi connectivity index (χ0v) is 19.1. The molecule has 1 aromatic carbocycles. The SMILES string of the molecule is CCCCCCCCn1ccnc1.Cc1sccc1C=C[B]c1ccccc1Cl. The highest BCUT2D eigenvalue weighted by Gasteiger charge is 1.98. The van der Waals surface area contributed by atoms with Crippen LogP contribution in [-0.4, -0.2) is 16.8 Å². The second kappa shape index (κ2) is 14.2. The van der Waals surface area contributed by atoms with Crippen LogP contribution in [0.5, 0.6) is 0 Å². The van der Waals surface area contributed by atoms with Crippen molar-refractivity contribution in [3.05, 3.63) is 75.9 Å². The second-order valence-corrected chi connectivity index (χ2v) is 8.58. The van der Waals surface area contributed by atoms with E-state index in [9.17, 15) is 0 Å². The number of rotatable bonds is 10. The first-order valence-corrected chi connectivity index (χ1v) is 11.7. The van der Waals surface area contributed by atoms with Gasteiger partial charge in [0.1, 0.15) is 0 Å². The number of hydrogen-bond acceptors (Lipinski definition) is 2. The van der Waals surface area contributed by atoms with Crippen molar-refractivity contribution in [1.29, 1.82) is 0 Å². The Bertz CT molecular complexity index is 827. The molecule has 2 nitrogen and oxygen atoms in total. The third kappa shape index (κ3) is 9.51. The molecule has 0 aliphatic rings. The van der Waals surface area contributed by atoms with Gasteiger partial charge in [0.15, 0.2) is 7.28 Å². The van der Waals surface area contributed by atoms with Crippen molar-refractivity contribution in [2.75, 3.05) is 0 Å². The molecule has 1 radical (unpaired) electrons. The van der Waals surface area contributed by atoms with Crippen LogP contribution >= 0.6 is 22.9 Å². The Morgan fingerprint density at radius 1 is 1.10 bits per heavy atom. The highest BCUT2D eigenvalue weighted by Crippen LogP contribution is 2.16. The molecule has 0 fully saturated rings. The van der Waals surface area contributed by atoms with E-state index in [2.05, 4.69) is 40.9 Å². The normalized spacial score (nSPS) is 10.7. The average Bonchev–Trinajstić information content (AvgIpc) is 3.39. The van der Waals surface area contributed by atoms with Gasteiger partial charge in [-0.25, -0.2) is 4.98 Å². The van der Waals surface area contributed by atoms with Gasteiger partial charge in [0.05, 0.1) is 6.33 Å². The number of halogens is 1. The Morgan fingerprint density at radius 3 is 2.59 bits per heavy atom. The first kappa shape index (κ1) is 23.5. The van der Waals surface area contributed by atoms with Gasteiger partial charge in [0, 0.05) is 28.8 Å². The number of thiophene rings is 1. The van der Waals surface area contributed by atoms with E-state index in [1.165, 1.54) is 49.0 Å². The summed E-state index contributed by atoms with van der Waals surface area (Å²) >= 11 is 7.82. The minimum absolute atomic E-state index is 0.786. The lowest BCUT2D eigenvalue weighted by molar-refractivity contribution is 0.558. The van der Waals surface area contributed by atoms with Gasteiger partial charge in [-0.1, -0.05) is 80.4 Å². The number of aryl methyl sites for hydroxylation is 2. The van der Waals surface area contributed by atoms with Crippen molar-refractivity contribution in [1.82, 2.24) is 9.55 Å². The summed E-state index contributed by atoms with van der Waals surface area (Å²) in [5, 5.41) is 2.89. The number of imidazole rings is 1. The molecule has 2 heterocycles. The summed E-state index contributed by atoms with van der Waals surface area (Å²) in [4.78, 5) is 5.35. The van der Waals surface area contributed by atoms with E-state index in [0.717, 1.165) is 17.0 Å². The number of benzene rings is 1. The molecular weight excluding hydrogens is 395 g/mol. The Labute approximate surface area is 185 Å². The smallest absolute Gasteiger partial charge is 0.183 e. The molecule has 0 spiro atoms. The van der Waals surface area contributed by atoms with Gasteiger partial charge in [0.25, 0.3) is 0 Å². The lowest BCUT2D eigenvalue weighted by atomic mass is 9.70. The van der Waals surface area contributed by atoms with E-state index in [4.69, 9.17) is 11.6 Å². The quantitative estimate of drug-likeness (QED) is 0.254. The maximum absolute atomic E-state index is 6.05. The summed E-state index contributed by atoms with van der Waals surface area (Å²) in [5.41, 5.74) is 2.32. The van der Waals surface area contributed by atoms with Crippen LogP contribution in [0.1, 0.15) is 55.9 Å². The standard InChI is InChI=1S/C13H11BClS.C11H20N2/c1-10-11(7-9-16-10)6-8-14-12-4-2-3-5-13(12)15;1-2-3-4-5-6-7-9-13-10-8-12-11-13/h2-9H,1H3;8,10-11H,2-7,9H2,1H3. The molecule has 0 amide bonds. The lowest BCUT2D eigenvalue weighted by Gasteiger charge is -2.01. The predicted octanol–water partition coefficient (Wildman–Crippen LogP) is 6.95. The third-order valence-corrected chi connectivity index (χ3v) is 5.89. The van der Waals surface area contributed by atoms with Gasteiger partial charge >= 0.3 is 0 Å². The third-order valence-electron chi connectivity index (χ3n) is 4.68. The Kier molecular flexibility index (Phi) is 11.5. The first-order chi connectivity index (χ1) is 14.2. The van der Waals surface area contributed by atoms with E-state index in [1.54, 1.807) is 11.3 Å². The van der Waals surface area contributed by atoms with Gasteiger partial charge in [0.2, 0.25) is 0 Å². The van der Waals surface area contributed by atoms with E-state index >= 15 is 0 Å². The fourth-order valence-electron chi connectivity index (χ4n) is 2.93. The van der Waals surface area contributed by atoms with Crippen LogP contribution in [0.25, 0.3) is 6.08 Å². The second-order valence-electron chi connectivity index (χ2n) is 7.05. The van der Waals surface area contributed by atoms with E-state index in [0.29, 0.717) is 0 Å². The fourth-order valence-corrected chi connectivity index (χ4v) is 3.82. The van der Waals surface area contributed by atoms with E-state index in [-0.39, 0.29) is 0 Å². The Balaban J connectivity index is 0.000000212. The molecular formula is C24H31BClN2S. The Morgan fingerprint density at radius 2 is 1.90 bits per heavy atom. The van der Waals surface area contributed by atoms with Gasteiger partial charge in [-0.15, -0.1) is 17.3 Å². The molecule has 29 heavy (non-hydrogen) atoms. The highest BCUT2D eigenvalue weighted by atomic mass is 35.5. The molecule has 0 aliphatic carbocycles. The zero-order valence-electron chi connectivity index (χ0n) is 17.6. The van der Waals surface area contributed by atoms with Crippen LogP contribution in [-0.2, 0) is 6.54 Å². The van der Waals surface area contributed by atoms with Crippen molar-refractivity contribution in [2.24, 2.45) is 0 Å². The summed E-state index contributed by atoms with van der Waals surface area (Å²) in [5.74, 6) is 2.04. The van der Waals surface area contributed by atoms with Crippen LogP contribution in [0.3, 0.4) is 0 Å². The van der Waals surface area contributed by atoms with Crippen LogP contribution in [0.2, 0.25) is 5.02 Å². The summed E-state index contributed by atoms with van der Waals surface area (Å²) in [6, 6.07) is 9.95. The van der Waals surface area contributed by atoms with Crippen molar-refractivity contribution in [3.8, 4) is 0 Å². The van der Waals surface area contributed by atoms with Crippen molar-refractivity contribution >= 4 is 41.8 Å². The maximum atomic E-state index is 6.05. The number of hydrogen-bond donors (Lipinski definition) is 0. The van der Waals surface area contributed by atoms with Crippen LogP contribution in [0.15, 0.2) is 60.4 Å². The van der Waals surface area contributed by atoms with Crippen LogP contribution < -0.4 is 5.46 Å². The zero-order chi connectivity index (χ0) is 20.7. The molecule has 0 unspecified atom stereocenters. The molecule has 2 aromatic heterocycles. The van der Waals surface area contributed by atoms with E-state index < -0.39 is 0 Å². The average molecular weight is 426 g/mol. The van der Waals surface area contributed by atoms with Gasteiger partial charge in [-0.05, 0) is 36.4 Å². The summed E-state index contributed by atoms with van der Waals surface area (Å²) < 4.78 is 2.15. The largest absolute Gasteiger partial charge is 0.337 e. The topological polar surface area (TPSA) is 17.8 Å². The minimum atomic E-state index is 0.786. The van der Waals surface area contributed by atoms with Gasteiger partial charge in [-0.2, -0.15) is 0 Å².